The number of carbonyl (C=O) groups excluding carboxylic acids is 2. The van der Waals surface area contributed by atoms with Gasteiger partial charge in [0.15, 0.2) is 0 Å². The molecule has 0 aliphatic heterocycles. The summed E-state index contributed by atoms with van der Waals surface area (Å²) in [7, 11) is 0. The van der Waals surface area contributed by atoms with Crippen molar-refractivity contribution in [1.82, 2.24) is 10.3 Å². The number of carbonyl (C=O) groups is 2. The highest BCUT2D eigenvalue weighted by Crippen LogP contribution is 2.29. The fourth-order valence-electron chi connectivity index (χ4n) is 3.98. The van der Waals surface area contributed by atoms with Gasteiger partial charge in [-0.25, -0.2) is 9.59 Å². The number of ether oxygens (including phenoxy) is 3. The third-order valence-electron chi connectivity index (χ3n) is 5.62. The van der Waals surface area contributed by atoms with Gasteiger partial charge in [0.2, 0.25) is 0 Å². The molecule has 0 saturated heterocycles. The number of fused-ring (bicyclic) bond motifs is 1. The molecule has 0 radical (unpaired) electrons. The zero-order chi connectivity index (χ0) is 26.4. The van der Waals surface area contributed by atoms with Gasteiger partial charge in [0.25, 0.3) is 0 Å². The molecule has 1 atom stereocenters. The number of hydrogen-bond acceptors (Lipinski definition) is 5. The van der Waals surface area contributed by atoms with Gasteiger partial charge < -0.3 is 24.5 Å². The number of aromatic nitrogens is 1. The number of H-pyrrole nitrogens is 1. The minimum atomic E-state index is -0.870. The van der Waals surface area contributed by atoms with Crippen LogP contribution in [0.15, 0.2) is 79.0 Å². The Labute approximate surface area is 216 Å². The molecule has 0 aliphatic carbocycles. The minimum absolute atomic E-state index is 0.220. The summed E-state index contributed by atoms with van der Waals surface area (Å²) in [6.07, 6.45) is 1.46. The third-order valence-corrected chi connectivity index (χ3v) is 5.62. The van der Waals surface area contributed by atoms with Crippen LogP contribution >= 0.6 is 0 Å². The number of alkyl carbamates (subject to hydrolysis) is 1. The average Bonchev–Trinajstić information content (AvgIpc) is 3.26. The fourth-order valence-corrected chi connectivity index (χ4v) is 3.98. The van der Waals surface area contributed by atoms with E-state index >= 15 is 0 Å². The Morgan fingerprint density at radius 3 is 2.27 bits per heavy atom. The number of amides is 1. The summed E-state index contributed by atoms with van der Waals surface area (Å²) < 4.78 is 16.4. The van der Waals surface area contributed by atoms with Crippen molar-refractivity contribution in [3.8, 4) is 22.6 Å². The molecule has 1 amide bonds. The molecular formula is C30H32N2O5. The van der Waals surface area contributed by atoms with Gasteiger partial charge in [-0.1, -0.05) is 42.5 Å². The number of nitrogens with one attached hydrogen (secondary N) is 2. The first-order valence-electron chi connectivity index (χ1n) is 12.3. The maximum absolute atomic E-state index is 12.6. The average molecular weight is 501 g/mol. The van der Waals surface area contributed by atoms with Crippen molar-refractivity contribution in [2.75, 3.05) is 6.61 Å². The Morgan fingerprint density at radius 1 is 0.919 bits per heavy atom. The highest BCUT2D eigenvalue weighted by atomic mass is 16.6. The summed E-state index contributed by atoms with van der Waals surface area (Å²) in [5, 5.41) is 3.63. The normalized spacial score (nSPS) is 12.1. The molecule has 3 aromatic carbocycles. The zero-order valence-corrected chi connectivity index (χ0v) is 21.5. The van der Waals surface area contributed by atoms with Crippen LogP contribution in [-0.2, 0) is 20.7 Å². The Balaban J connectivity index is 1.50. The SMILES string of the molecule is CCOC(=O)C(Cc1c[nH]c2cc(-c3ccc(Oc4ccccc4)cc3)ccc12)NC(=O)OC(C)(C)C. The van der Waals surface area contributed by atoms with E-state index in [0.717, 1.165) is 39.1 Å². The zero-order valence-electron chi connectivity index (χ0n) is 21.5. The van der Waals surface area contributed by atoms with Crippen molar-refractivity contribution in [1.29, 1.82) is 0 Å². The summed E-state index contributed by atoms with van der Waals surface area (Å²) in [5.74, 6) is 1.05. The maximum atomic E-state index is 12.6. The Hall–Kier alpha value is -4.26. The third kappa shape index (κ3) is 6.91. The first kappa shape index (κ1) is 25.8. The van der Waals surface area contributed by atoms with Gasteiger partial charge in [0.05, 0.1) is 6.61 Å². The molecule has 37 heavy (non-hydrogen) atoms. The molecule has 2 N–H and O–H groups in total. The highest BCUT2D eigenvalue weighted by molar-refractivity contribution is 5.89. The van der Waals surface area contributed by atoms with E-state index in [2.05, 4.69) is 16.4 Å². The molecule has 1 aromatic heterocycles. The second-order valence-corrected chi connectivity index (χ2v) is 9.67. The van der Waals surface area contributed by atoms with Crippen LogP contribution in [0.3, 0.4) is 0 Å². The minimum Gasteiger partial charge on any atom is -0.464 e. The molecule has 0 spiro atoms. The van der Waals surface area contributed by atoms with Crippen LogP contribution in [0.5, 0.6) is 11.5 Å². The van der Waals surface area contributed by atoms with E-state index in [-0.39, 0.29) is 13.0 Å². The van der Waals surface area contributed by atoms with Crippen LogP contribution in [0.4, 0.5) is 4.79 Å². The summed E-state index contributed by atoms with van der Waals surface area (Å²) in [6, 6.07) is 22.8. The van der Waals surface area contributed by atoms with Gasteiger partial charge in [-0.15, -0.1) is 0 Å². The lowest BCUT2D eigenvalue weighted by Crippen LogP contribution is -2.45. The molecule has 0 saturated carbocycles. The van der Waals surface area contributed by atoms with E-state index in [0.29, 0.717) is 0 Å². The van der Waals surface area contributed by atoms with Crippen molar-refractivity contribution in [2.24, 2.45) is 0 Å². The Morgan fingerprint density at radius 2 is 1.59 bits per heavy atom. The van der Waals surface area contributed by atoms with Crippen molar-refractivity contribution >= 4 is 23.0 Å². The van der Waals surface area contributed by atoms with Crippen molar-refractivity contribution in [3.05, 3.63) is 84.6 Å². The summed E-state index contributed by atoms with van der Waals surface area (Å²) in [4.78, 5) is 28.2. The molecule has 7 nitrogen and oxygen atoms in total. The summed E-state index contributed by atoms with van der Waals surface area (Å²) >= 11 is 0. The largest absolute Gasteiger partial charge is 0.464 e. The summed E-state index contributed by atoms with van der Waals surface area (Å²) in [5.41, 5.74) is 3.24. The first-order chi connectivity index (χ1) is 17.7. The molecule has 0 fully saturated rings. The molecule has 0 bridgehead atoms. The molecular weight excluding hydrogens is 468 g/mol. The van der Waals surface area contributed by atoms with E-state index < -0.39 is 23.7 Å². The number of rotatable bonds is 8. The van der Waals surface area contributed by atoms with Gasteiger partial charge in [0.1, 0.15) is 23.1 Å². The predicted octanol–water partition coefficient (Wildman–Crippen LogP) is 6.63. The lowest BCUT2D eigenvalue weighted by molar-refractivity contribution is -0.145. The summed E-state index contributed by atoms with van der Waals surface area (Å²) in [6.45, 7) is 7.26. The first-order valence-corrected chi connectivity index (χ1v) is 12.3. The van der Waals surface area contributed by atoms with Gasteiger partial charge in [0, 0.05) is 23.5 Å². The lowest BCUT2D eigenvalue weighted by atomic mass is 10.0. The quantitative estimate of drug-likeness (QED) is 0.265. The van der Waals surface area contributed by atoms with E-state index in [1.807, 2.05) is 72.9 Å². The standard InChI is InChI=1S/C30H32N2O5/c1-5-35-28(33)27(32-29(34)37-30(2,3)4)18-22-19-31-26-17-21(13-16-25(22)26)20-11-14-24(15-12-20)36-23-9-7-6-8-10-23/h6-17,19,27,31H,5,18H2,1-4H3,(H,32,34). The van der Waals surface area contributed by atoms with Crippen molar-refractivity contribution in [2.45, 2.75) is 45.8 Å². The van der Waals surface area contributed by atoms with E-state index in [9.17, 15) is 9.59 Å². The Bertz CT molecular complexity index is 1350. The fraction of sp³-hybridized carbons (Fsp3) is 0.267. The smallest absolute Gasteiger partial charge is 0.408 e. The predicted molar refractivity (Wildman–Crippen MR) is 144 cm³/mol. The number of hydrogen-bond donors (Lipinski definition) is 2. The number of esters is 1. The molecule has 4 rings (SSSR count). The number of benzene rings is 3. The van der Waals surface area contributed by atoms with Gasteiger partial charge in [-0.05, 0) is 74.7 Å². The second-order valence-electron chi connectivity index (χ2n) is 9.67. The van der Waals surface area contributed by atoms with Crippen LogP contribution in [0.1, 0.15) is 33.3 Å². The van der Waals surface area contributed by atoms with Crippen LogP contribution in [-0.4, -0.2) is 35.3 Å². The molecule has 1 unspecified atom stereocenters. The second kappa shape index (κ2) is 11.2. The number of para-hydroxylation sites is 1. The van der Waals surface area contributed by atoms with E-state index in [4.69, 9.17) is 14.2 Å². The number of aromatic amines is 1. The van der Waals surface area contributed by atoms with E-state index in [1.165, 1.54) is 0 Å². The van der Waals surface area contributed by atoms with Gasteiger partial charge in [-0.3, -0.25) is 0 Å². The Kier molecular flexibility index (Phi) is 7.82. The van der Waals surface area contributed by atoms with E-state index in [1.54, 1.807) is 27.7 Å². The molecule has 0 aliphatic rings. The van der Waals surface area contributed by atoms with Crippen molar-refractivity contribution in [3.63, 3.8) is 0 Å². The van der Waals surface area contributed by atoms with Crippen molar-refractivity contribution < 1.29 is 23.8 Å². The lowest BCUT2D eigenvalue weighted by Gasteiger charge is -2.22. The van der Waals surface area contributed by atoms with Crippen LogP contribution < -0.4 is 10.1 Å². The van der Waals surface area contributed by atoms with Gasteiger partial charge >= 0.3 is 12.1 Å². The molecule has 4 aromatic rings. The highest BCUT2D eigenvalue weighted by Gasteiger charge is 2.26. The van der Waals surface area contributed by atoms with Gasteiger partial charge in [-0.2, -0.15) is 0 Å². The topological polar surface area (TPSA) is 89.7 Å². The van der Waals surface area contributed by atoms with Crippen LogP contribution in [0.2, 0.25) is 0 Å². The monoisotopic (exact) mass is 500 g/mol. The maximum Gasteiger partial charge on any atom is 0.408 e. The van der Waals surface area contributed by atoms with Crippen LogP contribution in [0, 0.1) is 0 Å². The molecule has 1 heterocycles. The van der Waals surface area contributed by atoms with Crippen LogP contribution in [0.25, 0.3) is 22.0 Å². The molecule has 7 heteroatoms. The molecule has 192 valence electrons.